The first-order valence-electron chi connectivity index (χ1n) is 9.71. The van der Waals surface area contributed by atoms with Crippen molar-refractivity contribution in [1.29, 1.82) is 0 Å². The summed E-state index contributed by atoms with van der Waals surface area (Å²) in [5, 5.41) is 5.71. The second kappa shape index (κ2) is 10.7. The topological polar surface area (TPSA) is 124 Å². The zero-order valence-corrected chi connectivity index (χ0v) is 19.4. The molecule has 12 heteroatoms. The van der Waals surface area contributed by atoms with Gasteiger partial charge in [-0.25, -0.2) is 17.8 Å². The predicted octanol–water partition coefficient (Wildman–Crippen LogP) is 3.04. The van der Waals surface area contributed by atoms with E-state index in [0.29, 0.717) is 28.6 Å². The Balaban J connectivity index is 1.87. The highest BCUT2D eigenvalue weighted by molar-refractivity contribution is 7.89. The molecule has 0 radical (unpaired) electrons. The number of rotatable bonds is 10. The van der Waals surface area contributed by atoms with Crippen LogP contribution in [0.15, 0.2) is 47.5 Å². The second-order valence-electron chi connectivity index (χ2n) is 6.61. The molecular formula is C22H22FN5O5S. The summed E-state index contributed by atoms with van der Waals surface area (Å²) in [7, 11) is 0.626. The Labute approximate surface area is 196 Å². The smallest absolute Gasteiger partial charge is 0.241 e. The van der Waals surface area contributed by atoms with Gasteiger partial charge in [-0.15, -0.1) is 6.42 Å². The summed E-state index contributed by atoms with van der Waals surface area (Å²) < 4.78 is 57.2. The van der Waals surface area contributed by atoms with Gasteiger partial charge in [0, 0.05) is 23.5 Å². The van der Waals surface area contributed by atoms with E-state index in [1.165, 1.54) is 39.5 Å². The van der Waals surface area contributed by atoms with E-state index in [4.69, 9.17) is 20.6 Å². The number of terminal acetylenes is 1. The van der Waals surface area contributed by atoms with Crippen molar-refractivity contribution >= 4 is 33.2 Å². The van der Waals surface area contributed by atoms with Crippen molar-refractivity contribution in [2.75, 3.05) is 38.5 Å². The van der Waals surface area contributed by atoms with Crippen LogP contribution in [0.1, 0.15) is 0 Å². The lowest BCUT2D eigenvalue weighted by molar-refractivity contribution is 0.324. The molecule has 1 aromatic heterocycles. The van der Waals surface area contributed by atoms with Gasteiger partial charge in [0.05, 0.1) is 39.0 Å². The maximum atomic E-state index is 14.4. The maximum absolute atomic E-state index is 14.4. The van der Waals surface area contributed by atoms with Crippen molar-refractivity contribution in [2.24, 2.45) is 0 Å². The van der Waals surface area contributed by atoms with Gasteiger partial charge in [-0.2, -0.15) is 9.71 Å². The fourth-order valence-corrected chi connectivity index (χ4v) is 3.87. The molecule has 1 heterocycles. The molecule has 0 saturated heterocycles. The lowest BCUT2D eigenvalue weighted by atomic mass is 10.2. The van der Waals surface area contributed by atoms with E-state index >= 15 is 0 Å². The SMILES string of the molecule is C#CCNS(=O)(=O)c1cccc(Nc2nc(Nc3cc(OC)c(OC)c(OC)c3)ncc2F)c1. The van der Waals surface area contributed by atoms with Crippen LogP contribution in [0.2, 0.25) is 0 Å². The van der Waals surface area contributed by atoms with Crippen LogP contribution in [0, 0.1) is 18.2 Å². The lowest BCUT2D eigenvalue weighted by Gasteiger charge is -2.15. The number of hydrogen-bond acceptors (Lipinski definition) is 9. The lowest BCUT2D eigenvalue weighted by Crippen LogP contribution is -2.23. The van der Waals surface area contributed by atoms with Crippen LogP contribution in [0.5, 0.6) is 17.2 Å². The van der Waals surface area contributed by atoms with Gasteiger partial charge in [0.2, 0.25) is 21.7 Å². The van der Waals surface area contributed by atoms with Gasteiger partial charge in [-0.1, -0.05) is 12.0 Å². The van der Waals surface area contributed by atoms with E-state index in [0.717, 1.165) is 6.20 Å². The number of nitrogens with one attached hydrogen (secondary N) is 3. The molecule has 0 atom stereocenters. The molecule has 2 aromatic carbocycles. The number of benzene rings is 2. The molecule has 0 fully saturated rings. The number of hydrogen-bond donors (Lipinski definition) is 3. The third-order valence-electron chi connectivity index (χ3n) is 4.44. The van der Waals surface area contributed by atoms with Gasteiger partial charge < -0.3 is 24.8 Å². The minimum atomic E-state index is -3.82. The summed E-state index contributed by atoms with van der Waals surface area (Å²) in [5.41, 5.74) is 0.791. The van der Waals surface area contributed by atoms with Crippen molar-refractivity contribution in [3.05, 3.63) is 48.4 Å². The molecule has 34 heavy (non-hydrogen) atoms. The first-order valence-corrected chi connectivity index (χ1v) is 11.2. The Bertz CT molecular complexity index is 1300. The van der Waals surface area contributed by atoms with Crippen molar-refractivity contribution < 1.29 is 27.0 Å². The molecular weight excluding hydrogens is 465 g/mol. The van der Waals surface area contributed by atoms with Crippen molar-refractivity contribution in [3.8, 4) is 29.6 Å². The third-order valence-corrected chi connectivity index (χ3v) is 5.84. The summed E-state index contributed by atoms with van der Waals surface area (Å²) in [6, 6.07) is 9.05. The van der Waals surface area contributed by atoms with Crippen molar-refractivity contribution in [3.63, 3.8) is 0 Å². The standard InChI is InChI=1S/C22H22FN5O5S/c1-5-9-25-34(29,30)16-8-6-7-14(10-16)26-21-17(23)13-24-22(28-21)27-15-11-18(31-2)20(33-4)19(12-15)32-3/h1,6-8,10-13,25H,9H2,2-4H3,(H2,24,26,27,28). The number of halogens is 1. The highest BCUT2D eigenvalue weighted by atomic mass is 32.2. The summed E-state index contributed by atoms with van der Waals surface area (Å²) in [4.78, 5) is 8.05. The highest BCUT2D eigenvalue weighted by Gasteiger charge is 2.16. The molecule has 3 rings (SSSR count). The summed E-state index contributed by atoms with van der Waals surface area (Å²) in [5.74, 6) is 2.57. The van der Waals surface area contributed by atoms with Gasteiger partial charge in [0.1, 0.15) is 0 Å². The quantitative estimate of drug-likeness (QED) is 0.370. The van der Waals surface area contributed by atoms with Gasteiger partial charge in [-0.3, -0.25) is 0 Å². The summed E-state index contributed by atoms with van der Waals surface area (Å²) in [6.07, 6.45) is 6.08. The van der Waals surface area contributed by atoms with Crippen LogP contribution in [-0.4, -0.2) is 46.3 Å². The number of methoxy groups -OCH3 is 3. The van der Waals surface area contributed by atoms with Crippen molar-refractivity contribution in [1.82, 2.24) is 14.7 Å². The van der Waals surface area contributed by atoms with E-state index in [1.807, 2.05) is 0 Å². The van der Waals surface area contributed by atoms with Crippen LogP contribution in [0.4, 0.5) is 27.5 Å². The van der Waals surface area contributed by atoms with E-state index in [1.54, 1.807) is 18.2 Å². The Hall–Kier alpha value is -4.08. The summed E-state index contributed by atoms with van der Waals surface area (Å²) in [6.45, 7) is -0.156. The Morgan fingerprint density at radius 1 is 1.03 bits per heavy atom. The average molecular weight is 488 g/mol. The fourth-order valence-electron chi connectivity index (χ4n) is 2.90. The average Bonchev–Trinajstić information content (AvgIpc) is 2.84. The maximum Gasteiger partial charge on any atom is 0.241 e. The number of nitrogens with zero attached hydrogens (tertiary/aromatic N) is 2. The number of sulfonamides is 1. The van der Waals surface area contributed by atoms with Gasteiger partial charge in [0.25, 0.3) is 0 Å². The molecule has 3 N–H and O–H groups in total. The van der Waals surface area contributed by atoms with Crippen LogP contribution in [0.3, 0.4) is 0 Å². The predicted molar refractivity (Wildman–Crippen MR) is 125 cm³/mol. The first-order chi connectivity index (χ1) is 16.3. The molecule has 0 unspecified atom stereocenters. The van der Waals surface area contributed by atoms with E-state index < -0.39 is 15.8 Å². The van der Waals surface area contributed by atoms with Gasteiger partial charge >= 0.3 is 0 Å². The normalized spacial score (nSPS) is 10.8. The molecule has 0 aliphatic heterocycles. The molecule has 0 bridgehead atoms. The molecule has 10 nitrogen and oxygen atoms in total. The molecule has 0 spiro atoms. The zero-order valence-electron chi connectivity index (χ0n) is 18.5. The number of ether oxygens (including phenoxy) is 3. The van der Waals surface area contributed by atoms with Crippen molar-refractivity contribution in [2.45, 2.75) is 4.90 Å². The molecule has 0 aliphatic rings. The largest absolute Gasteiger partial charge is 0.493 e. The van der Waals surface area contributed by atoms with E-state index in [2.05, 4.69) is 31.2 Å². The van der Waals surface area contributed by atoms with Crippen LogP contribution < -0.4 is 29.6 Å². The monoisotopic (exact) mass is 487 g/mol. The van der Waals surface area contributed by atoms with Gasteiger partial charge in [0.15, 0.2) is 23.1 Å². The van der Waals surface area contributed by atoms with Crippen LogP contribution in [0.25, 0.3) is 0 Å². The summed E-state index contributed by atoms with van der Waals surface area (Å²) >= 11 is 0. The van der Waals surface area contributed by atoms with Crippen LogP contribution >= 0.6 is 0 Å². The second-order valence-corrected chi connectivity index (χ2v) is 8.38. The molecule has 0 amide bonds. The Morgan fingerprint density at radius 2 is 1.74 bits per heavy atom. The molecule has 0 saturated carbocycles. The number of aromatic nitrogens is 2. The molecule has 3 aromatic rings. The molecule has 178 valence electrons. The van der Waals surface area contributed by atoms with E-state index in [-0.39, 0.29) is 23.2 Å². The molecule has 0 aliphatic carbocycles. The number of anilines is 4. The highest BCUT2D eigenvalue weighted by Crippen LogP contribution is 2.40. The van der Waals surface area contributed by atoms with E-state index in [9.17, 15) is 12.8 Å². The third kappa shape index (κ3) is 5.64. The fraction of sp³-hybridized carbons (Fsp3) is 0.182. The van der Waals surface area contributed by atoms with Gasteiger partial charge in [-0.05, 0) is 18.2 Å². The Kier molecular flexibility index (Phi) is 7.72. The van der Waals surface area contributed by atoms with Crippen LogP contribution in [-0.2, 0) is 10.0 Å². The Morgan fingerprint density at radius 3 is 2.35 bits per heavy atom. The minimum absolute atomic E-state index is 0.0435. The first kappa shape index (κ1) is 24.6. The zero-order chi connectivity index (χ0) is 24.7. The minimum Gasteiger partial charge on any atom is -0.493 e.